The highest BCUT2D eigenvalue weighted by Crippen LogP contribution is 2.28. The van der Waals surface area contributed by atoms with E-state index in [1.165, 1.54) is 16.9 Å². The largest absolute Gasteiger partial charge is 0.496 e. The van der Waals surface area contributed by atoms with Gasteiger partial charge in [-0.3, -0.25) is 4.90 Å². The molecule has 5 nitrogen and oxygen atoms in total. The van der Waals surface area contributed by atoms with E-state index in [4.69, 9.17) is 9.84 Å². The Kier molecular flexibility index (Phi) is 5.35. The summed E-state index contributed by atoms with van der Waals surface area (Å²) in [6.45, 7) is 9.31. The molecule has 3 aromatic rings. The third kappa shape index (κ3) is 3.62. The highest BCUT2D eigenvalue weighted by molar-refractivity contribution is 5.57. The van der Waals surface area contributed by atoms with Gasteiger partial charge in [0.25, 0.3) is 0 Å². The minimum atomic E-state index is 0.930. The first-order chi connectivity index (χ1) is 13.7. The zero-order chi connectivity index (χ0) is 19.5. The summed E-state index contributed by atoms with van der Waals surface area (Å²) in [7, 11) is 1.74. The van der Waals surface area contributed by atoms with Crippen molar-refractivity contribution in [1.29, 1.82) is 0 Å². The number of benzene rings is 2. The first-order valence-electron chi connectivity index (χ1n) is 9.88. The predicted octanol–water partition coefficient (Wildman–Crippen LogP) is 3.82. The zero-order valence-corrected chi connectivity index (χ0v) is 16.9. The van der Waals surface area contributed by atoms with Crippen molar-refractivity contribution in [3.63, 3.8) is 0 Å². The number of aromatic nitrogens is 2. The molecule has 0 bridgehead atoms. The van der Waals surface area contributed by atoms with Crippen molar-refractivity contribution < 1.29 is 4.74 Å². The Morgan fingerprint density at radius 1 is 0.893 bits per heavy atom. The molecule has 1 aromatic heterocycles. The lowest BCUT2D eigenvalue weighted by molar-refractivity contribution is 0.246. The molecule has 0 amide bonds. The molecule has 0 N–H and O–H groups in total. The fraction of sp³-hybridized carbons (Fsp3) is 0.348. The van der Waals surface area contributed by atoms with Crippen LogP contribution in [0.25, 0.3) is 5.69 Å². The Morgan fingerprint density at radius 3 is 2.29 bits per heavy atom. The molecule has 5 heteroatoms. The van der Waals surface area contributed by atoms with Gasteiger partial charge in [0, 0.05) is 38.3 Å². The van der Waals surface area contributed by atoms with Crippen LogP contribution in [-0.4, -0.2) is 48.0 Å². The van der Waals surface area contributed by atoms with E-state index in [9.17, 15) is 0 Å². The molecule has 1 aliphatic heterocycles. The molecule has 4 rings (SSSR count). The molecular formula is C23H28N4O. The molecular weight excluding hydrogens is 348 g/mol. The molecule has 2 aromatic carbocycles. The standard InChI is InChI=1S/C23H28N4O/c1-18-23(19(2)27(24-18)21-10-5-4-6-11-21)26-15-13-25(14-16-26)17-20-9-7-8-12-22(20)28-3/h4-12H,13-17H2,1-3H3. The molecule has 146 valence electrons. The number of para-hydroxylation sites is 2. The zero-order valence-electron chi connectivity index (χ0n) is 16.9. The van der Waals surface area contributed by atoms with Crippen LogP contribution in [-0.2, 0) is 6.54 Å². The minimum Gasteiger partial charge on any atom is -0.496 e. The number of piperazine rings is 1. The Bertz CT molecular complexity index is 927. The Morgan fingerprint density at radius 2 is 1.57 bits per heavy atom. The lowest BCUT2D eigenvalue weighted by atomic mass is 10.1. The van der Waals surface area contributed by atoms with Gasteiger partial charge < -0.3 is 9.64 Å². The maximum atomic E-state index is 5.51. The molecule has 1 fully saturated rings. The number of methoxy groups -OCH3 is 1. The van der Waals surface area contributed by atoms with Crippen molar-refractivity contribution in [1.82, 2.24) is 14.7 Å². The van der Waals surface area contributed by atoms with E-state index >= 15 is 0 Å². The second-order valence-corrected chi connectivity index (χ2v) is 7.34. The van der Waals surface area contributed by atoms with Crippen molar-refractivity contribution in [3.05, 3.63) is 71.5 Å². The molecule has 0 radical (unpaired) electrons. The van der Waals surface area contributed by atoms with E-state index in [0.29, 0.717) is 0 Å². The van der Waals surface area contributed by atoms with E-state index < -0.39 is 0 Å². The molecule has 0 spiro atoms. The summed E-state index contributed by atoms with van der Waals surface area (Å²) in [6.07, 6.45) is 0. The number of anilines is 1. The van der Waals surface area contributed by atoms with Crippen molar-refractivity contribution in [3.8, 4) is 11.4 Å². The first kappa shape index (κ1) is 18.6. The van der Waals surface area contributed by atoms with Gasteiger partial charge >= 0.3 is 0 Å². The third-order valence-electron chi connectivity index (χ3n) is 5.53. The van der Waals surface area contributed by atoms with Gasteiger partial charge in [0.15, 0.2) is 0 Å². The van der Waals surface area contributed by atoms with E-state index in [1.54, 1.807) is 7.11 Å². The van der Waals surface area contributed by atoms with Crippen LogP contribution in [0, 0.1) is 13.8 Å². The molecule has 0 saturated carbocycles. The second-order valence-electron chi connectivity index (χ2n) is 7.34. The molecule has 2 heterocycles. The number of nitrogens with zero attached hydrogens (tertiary/aromatic N) is 4. The van der Waals surface area contributed by atoms with Crippen LogP contribution in [0.5, 0.6) is 5.75 Å². The SMILES string of the molecule is COc1ccccc1CN1CCN(c2c(C)nn(-c3ccccc3)c2C)CC1. The summed E-state index contributed by atoms with van der Waals surface area (Å²) in [5.74, 6) is 0.973. The second kappa shape index (κ2) is 8.07. The predicted molar refractivity (Wildman–Crippen MR) is 114 cm³/mol. The average Bonchev–Trinajstić information content (AvgIpc) is 3.04. The number of rotatable bonds is 5. The fourth-order valence-electron chi connectivity index (χ4n) is 4.12. The minimum absolute atomic E-state index is 0.930. The molecule has 1 aliphatic rings. The first-order valence-corrected chi connectivity index (χ1v) is 9.88. The van der Waals surface area contributed by atoms with Crippen LogP contribution >= 0.6 is 0 Å². The molecule has 1 saturated heterocycles. The van der Waals surface area contributed by atoms with E-state index in [0.717, 1.165) is 49.9 Å². The maximum Gasteiger partial charge on any atom is 0.123 e. The smallest absolute Gasteiger partial charge is 0.123 e. The van der Waals surface area contributed by atoms with Crippen LogP contribution in [0.3, 0.4) is 0 Å². The van der Waals surface area contributed by atoms with E-state index in [2.05, 4.69) is 64.7 Å². The van der Waals surface area contributed by atoms with E-state index in [1.807, 2.05) is 18.2 Å². The topological polar surface area (TPSA) is 33.5 Å². The lowest BCUT2D eigenvalue weighted by Crippen LogP contribution is -2.46. The van der Waals surface area contributed by atoms with Gasteiger partial charge in [-0.25, -0.2) is 4.68 Å². The summed E-state index contributed by atoms with van der Waals surface area (Å²) < 4.78 is 7.57. The summed E-state index contributed by atoms with van der Waals surface area (Å²) >= 11 is 0. The maximum absolute atomic E-state index is 5.51. The Hall–Kier alpha value is -2.79. The summed E-state index contributed by atoms with van der Waals surface area (Å²) in [4.78, 5) is 4.98. The summed E-state index contributed by atoms with van der Waals surface area (Å²) in [5, 5.41) is 4.81. The summed E-state index contributed by atoms with van der Waals surface area (Å²) in [5.41, 5.74) is 5.95. The van der Waals surface area contributed by atoms with Crippen LogP contribution in [0.4, 0.5) is 5.69 Å². The highest BCUT2D eigenvalue weighted by atomic mass is 16.5. The fourth-order valence-corrected chi connectivity index (χ4v) is 4.12. The number of hydrogen-bond acceptors (Lipinski definition) is 4. The van der Waals surface area contributed by atoms with Gasteiger partial charge in [-0.05, 0) is 32.0 Å². The molecule has 0 unspecified atom stereocenters. The van der Waals surface area contributed by atoms with Gasteiger partial charge in [-0.2, -0.15) is 5.10 Å². The lowest BCUT2D eigenvalue weighted by Gasteiger charge is -2.36. The monoisotopic (exact) mass is 376 g/mol. The van der Waals surface area contributed by atoms with Crippen LogP contribution < -0.4 is 9.64 Å². The third-order valence-corrected chi connectivity index (χ3v) is 5.53. The van der Waals surface area contributed by atoms with Gasteiger partial charge in [0.05, 0.1) is 29.9 Å². The van der Waals surface area contributed by atoms with Crippen molar-refractivity contribution in [2.75, 3.05) is 38.2 Å². The van der Waals surface area contributed by atoms with Crippen molar-refractivity contribution in [2.24, 2.45) is 0 Å². The van der Waals surface area contributed by atoms with Crippen LogP contribution in [0.1, 0.15) is 17.0 Å². The quantitative estimate of drug-likeness (QED) is 0.678. The molecule has 0 aliphatic carbocycles. The number of ether oxygens (including phenoxy) is 1. The molecule has 28 heavy (non-hydrogen) atoms. The summed E-state index contributed by atoms with van der Waals surface area (Å²) in [6, 6.07) is 18.7. The van der Waals surface area contributed by atoms with Crippen molar-refractivity contribution in [2.45, 2.75) is 20.4 Å². The highest BCUT2D eigenvalue weighted by Gasteiger charge is 2.23. The average molecular weight is 377 g/mol. The van der Waals surface area contributed by atoms with Gasteiger partial charge in [0.2, 0.25) is 0 Å². The van der Waals surface area contributed by atoms with E-state index in [-0.39, 0.29) is 0 Å². The van der Waals surface area contributed by atoms with Crippen LogP contribution in [0.2, 0.25) is 0 Å². The number of hydrogen-bond donors (Lipinski definition) is 0. The number of aryl methyl sites for hydroxylation is 1. The van der Waals surface area contributed by atoms with Gasteiger partial charge in [-0.1, -0.05) is 36.4 Å². The molecule has 0 atom stereocenters. The Labute approximate surface area is 167 Å². The Balaban J connectivity index is 1.46. The van der Waals surface area contributed by atoms with Gasteiger partial charge in [0.1, 0.15) is 5.75 Å². The van der Waals surface area contributed by atoms with Crippen LogP contribution in [0.15, 0.2) is 54.6 Å². The normalized spacial score (nSPS) is 15.0. The van der Waals surface area contributed by atoms with Gasteiger partial charge in [-0.15, -0.1) is 0 Å². The van der Waals surface area contributed by atoms with Crippen molar-refractivity contribution >= 4 is 5.69 Å².